The molecule has 1 heterocycles. The van der Waals surface area contributed by atoms with E-state index in [0.717, 1.165) is 39.5 Å². The number of hydrogen-bond acceptors (Lipinski definition) is 5. The highest BCUT2D eigenvalue weighted by Crippen LogP contribution is 2.31. The Labute approximate surface area is 186 Å². The first-order chi connectivity index (χ1) is 15.6. The first-order valence-corrected chi connectivity index (χ1v) is 10.1. The largest absolute Gasteiger partial charge is 0.497 e. The summed E-state index contributed by atoms with van der Waals surface area (Å²) in [5, 5.41) is 4.76. The van der Waals surface area contributed by atoms with Crippen molar-refractivity contribution in [1.29, 1.82) is 0 Å². The van der Waals surface area contributed by atoms with Gasteiger partial charge in [-0.05, 0) is 59.7 Å². The van der Waals surface area contributed by atoms with Gasteiger partial charge in [0.1, 0.15) is 17.2 Å². The minimum absolute atomic E-state index is 0.177. The molecule has 32 heavy (non-hydrogen) atoms. The summed E-state index contributed by atoms with van der Waals surface area (Å²) in [6.07, 6.45) is 0. The van der Waals surface area contributed by atoms with Gasteiger partial charge in [-0.25, -0.2) is 4.68 Å². The number of aromatic nitrogens is 2. The summed E-state index contributed by atoms with van der Waals surface area (Å²) in [5.41, 5.74) is 4.03. The Bertz CT molecular complexity index is 1250. The molecule has 0 atom stereocenters. The molecule has 0 unspecified atom stereocenters. The second-order valence-electron chi connectivity index (χ2n) is 7.21. The first kappa shape index (κ1) is 21.2. The van der Waals surface area contributed by atoms with Crippen LogP contribution in [0.25, 0.3) is 22.4 Å². The standard InChI is InChI=1S/C26H24N2O4/c1-30-21-10-4-18(5-11-21)17-28-25(29)16-24(19-6-12-22(31-2)13-7-19)26(27-28)20-8-14-23(32-3)15-9-20/h4-16H,17H2,1-3H3. The molecule has 0 bridgehead atoms. The van der Waals surface area contributed by atoms with E-state index in [4.69, 9.17) is 19.3 Å². The van der Waals surface area contributed by atoms with E-state index in [1.807, 2.05) is 72.8 Å². The molecule has 0 fully saturated rings. The molecular weight excluding hydrogens is 404 g/mol. The Morgan fingerprint density at radius 3 is 1.66 bits per heavy atom. The Morgan fingerprint density at radius 1 is 0.688 bits per heavy atom. The molecule has 4 rings (SSSR count). The third-order valence-corrected chi connectivity index (χ3v) is 5.25. The average Bonchev–Trinajstić information content (AvgIpc) is 2.85. The van der Waals surface area contributed by atoms with Crippen LogP contribution in [0.1, 0.15) is 5.56 Å². The minimum Gasteiger partial charge on any atom is -0.497 e. The van der Waals surface area contributed by atoms with Crippen molar-refractivity contribution < 1.29 is 14.2 Å². The maximum Gasteiger partial charge on any atom is 0.267 e. The van der Waals surface area contributed by atoms with Gasteiger partial charge in [-0.1, -0.05) is 24.3 Å². The summed E-state index contributed by atoms with van der Waals surface area (Å²) in [6, 6.07) is 24.5. The van der Waals surface area contributed by atoms with Crippen LogP contribution >= 0.6 is 0 Å². The zero-order valence-corrected chi connectivity index (χ0v) is 18.2. The highest BCUT2D eigenvalue weighted by Gasteiger charge is 2.14. The predicted molar refractivity (Wildman–Crippen MR) is 125 cm³/mol. The molecule has 0 saturated carbocycles. The van der Waals surface area contributed by atoms with E-state index < -0.39 is 0 Å². The molecule has 0 amide bonds. The Hall–Kier alpha value is -4.06. The lowest BCUT2D eigenvalue weighted by Gasteiger charge is -2.14. The number of benzene rings is 3. The molecule has 0 spiro atoms. The number of rotatable bonds is 7. The summed E-state index contributed by atoms with van der Waals surface area (Å²) in [5.74, 6) is 2.27. The summed E-state index contributed by atoms with van der Waals surface area (Å²) >= 11 is 0. The molecule has 0 aliphatic carbocycles. The van der Waals surface area contributed by atoms with Crippen LogP contribution in [0.15, 0.2) is 83.7 Å². The van der Waals surface area contributed by atoms with Crippen molar-refractivity contribution in [1.82, 2.24) is 9.78 Å². The zero-order valence-electron chi connectivity index (χ0n) is 18.2. The Kier molecular flexibility index (Phi) is 6.22. The number of nitrogens with zero attached hydrogens (tertiary/aromatic N) is 2. The second-order valence-corrected chi connectivity index (χ2v) is 7.21. The smallest absolute Gasteiger partial charge is 0.267 e. The molecule has 4 aromatic rings. The molecule has 1 aromatic heterocycles. The highest BCUT2D eigenvalue weighted by atomic mass is 16.5. The summed E-state index contributed by atoms with van der Waals surface area (Å²) in [6.45, 7) is 0.356. The number of ether oxygens (including phenoxy) is 3. The van der Waals surface area contributed by atoms with Gasteiger partial charge in [-0.15, -0.1) is 0 Å². The van der Waals surface area contributed by atoms with Gasteiger partial charge >= 0.3 is 0 Å². The molecular formula is C26H24N2O4. The first-order valence-electron chi connectivity index (χ1n) is 10.1. The lowest BCUT2D eigenvalue weighted by Crippen LogP contribution is -2.23. The van der Waals surface area contributed by atoms with E-state index in [1.54, 1.807) is 27.4 Å². The van der Waals surface area contributed by atoms with Crippen LogP contribution in [0, 0.1) is 0 Å². The van der Waals surface area contributed by atoms with Gasteiger partial charge in [0.2, 0.25) is 0 Å². The van der Waals surface area contributed by atoms with Gasteiger partial charge in [0, 0.05) is 17.2 Å². The van der Waals surface area contributed by atoms with E-state index >= 15 is 0 Å². The van der Waals surface area contributed by atoms with Crippen molar-refractivity contribution in [3.8, 4) is 39.6 Å². The molecule has 0 aliphatic rings. The second kappa shape index (κ2) is 9.39. The van der Waals surface area contributed by atoms with Crippen LogP contribution in [-0.4, -0.2) is 31.1 Å². The van der Waals surface area contributed by atoms with E-state index in [9.17, 15) is 4.79 Å². The van der Waals surface area contributed by atoms with E-state index in [-0.39, 0.29) is 5.56 Å². The van der Waals surface area contributed by atoms with Crippen LogP contribution in [0.4, 0.5) is 0 Å². The van der Waals surface area contributed by atoms with Crippen LogP contribution in [-0.2, 0) is 6.54 Å². The fourth-order valence-corrected chi connectivity index (χ4v) is 3.46. The molecule has 6 heteroatoms. The van der Waals surface area contributed by atoms with Crippen molar-refractivity contribution in [3.05, 3.63) is 94.8 Å². The molecule has 3 aromatic carbocycles. The van der Waals surface area contributed by atoms with Crippen molar-refractivity contribution in [2.75, 3.05) is 21.3 Å². The maximum atomic E-state index is 13.0. The van der Waals surface area contributed by atoms with Crippen LogP contribution < -0.4 is 19.8 Å². The van der Waals surface area contributed by atoms with Crippen molar-refractivity contribution in [2.45, 2.75) is 6.54 Å². The van der Waals surface area contributed by atoms with Crippen LogP contribution in [0.3, 0.4) is 0 Å². The monoisotopic (exact) mass is 428 g/mol. The van der Waals surface area contributed by atoms with Crippen molar-refractivity contribution in [3.63, 3.8) is 0 Å². The summed E-state index contributed by atoms with van der Waals surface area (Å²) in [4.78, 5) is 13.0. The van der Waals surface area contributed by atoms with Gasteiger partial charge in [0.25, 0.3) is 5.56 Å². The maximum absolute atomic E-state index is 13.0. The quantitative estimate of drug-likeness (QED) is 0.429. The molecule has 0 aliphatic heterocycles. The van der Waals surface area contributed by atoms with E-state index in [1.165, 1.54) is 4.68 Å². The summed E-state index contributed by atoms with van der Waals surface area (Å²) in [7, 11) is 4.88. The molecule has 0 N–H and O–H groups in total. The van der Waals surface area contributed by atoms with Gasteiger partial charge in [0.15, 0.2) is 0 Å². The molecule has 162 valence electrons. The molecule has 0 radical (unpaired) electrons. The number of hydrogen-bond donors (Lipinski definition) is 0. The lowest BCUT2D eigenvalue weighted by molar-refractivity contribution is 0.414. The van der Waals surface area contributed by atoms with Crippen molar-refractivity contribution in [2.24, 2.45) is 0 Å². The Balaban J connectivity index is 1.81. The molecule has 0 saturated heterocycles. The highest BCUT2D eigenvalue weighted by molar-refractivity contribution is 5.80. The fourth-order valence-electron chi connectivity index (χ4n) is 3.46. The number of methoxy groups -OCH3 is 3. The third-order valence-electron chi connectivity index (χ3n) is 5.25. The normalized spacial score (nSPS) is 10.6. The van der Waals surface area contributed by atoms with Crippen LogP contribution in [0.5, 0.6) is 17.2 Å². The summed E-state index contributed by atoms with van der Waals surface area (Å²) < 4.78 is 17.3. The minimum atomic E-state index is -0.177. The SMILES string of the molecule is COc1ccc(Cn2nc(-c3ccc(OC)cc3)c(-c3ccc(OC)cc3)cc2=O)cc1. The predicted octanol–water partition coefficient (Wildman–Crippen LogP) is 4.65. The lowest BCUT2D eigenvalue weighted by atomic mass is 10.00. The van der Waals surface area contributed by atoms with Gasteiger partial charge in [-0.3, -0.25) is 4.79 Å². The van der Waals surface area contributed by atoms with Gasteiger partial charge in [0.05, 0.1) is 33.6 Å². The van der Waals surface area contributed by atoms with Crippen LogP contribution in [0.2, 0.25) is 0 Å². The molecule has 6 nitrogen and oxygen atoms in total. The fraction of sp³-hybridized carbons (Fsp3) is 0.154. The van der Waals surface area contributed by atoms with Gasteiger partial charge < -0.3 is 14.2 Å². The average molecular weight is 428 g/mol. The third kappa shape index (κ3) is 4.49. The van der Waals surface area contributed by atoms with E-state index in [0.29, 0.717) is 12.2 Å². The van der Waals surface area contributed by atoms with E-state index in [2.05, 4.69) is 0 Å². The Morgan fingerprint density at radius 2 is 1.16 bits per heavy atom. The van der Waals surface area contributed by atoms with Gasteiger partial charge in [-0.2, -0.15) is 5.10 Å². The topological polar surface area (TPSA) is 62.6 Å². The zero-order chi connectivity index (χ0) is 22.5. The van der Waals surface area contributed by atoms with Crippen molar-refractivity contribution >= 4 is 0 Å².